The molecule has 60 valence electrons. The van der Waals surface area contributed by atoms with Crippen molar-refractivity contribution in [2.24, 2.45) is 0 Å². The number of ether oxygens (including phenoxy) is 1. The predicted molar refractivity (Wildman–Crippen MR) is 50.1 cm³/mol. The second kappa shape index (κ2) is 3.26. The minimum absolute atomic E-state index is 0.654. The lowest BCUT2D eigenvalue weighted by molar-refractivity contribution is 0.362. The molecule has 0 amide bonds. The van der Waals surface area contributed by atoms with Crippen LogP contribution in [0.4, 0.5) is 0 Å². The largest absolute Gasteiger partial charge is 0.489 e. The summed E-state index contributed by atoms with van der Waals surface area (Å²) in [5.74, 6) is 0.957. The Morgan fingerprint density at radius 3 is 3.00 bits per heavy atom. The molecule has 1 aliphatic rings. The fraction of sp³-hybridized carbons (Fsp3) is 0.0909. The summed E-state index contributed by atoms with van der Waals surface area (Å²) in [4.78, 5) is 0. The summed E-state index contributed by atoms with van der Waals surface area (Å²) in [6.07, 6.45) is 8.06. The van der Waals surface area contributed by atoms with Crippen LogP contribution in [0.5, 0.6) is 5.75 Å². The molecule has 0 saturated heterocycles. The van der Waals surface area contributed by atoms with Crippen LogP contribution < -0.4 is 4.74 Å². The van der Waals surface area contributed by atoms with Crippen LogP contribution in [0.2, 0.25) is 0 Å². The average molecular weight is 158 g/mol. The van der Waals surface area contributed by atoms with Gasteiger partial charge < -0.3 is 4.74 Å². The number of hydrogen-bond donors (Lipinski definition) is 0. The molecule has 12 heavy (non-hydrogen) atoms. The first-order valence-corrected chi connectivity index (χ1v) is 4.02. The normalized spacial score (nSPS) is 14.3. The van der Waals surface area contributed by atoms with Gasteiger partial charge in [-0.1, -0.05) is 36.4 Å². The van der Waals surface area contributed by atoms with E-state index in [4.69, 9.17) is 4.74 Å². The first kappa shape index (κ1) is 7.17. The Morgan fingerprint density at radius 2 is 2.00 bits per heavy atom. The molecule has 1 aliphatic heterocycles. The number of rotatable bonds is 0. The van der Waals surface area contributed by atoms with Crippen molar-refractivity contribution in [3.63, 3.8) is 0 Å². The Kier molecular flexibility index (Phi) is 1.95. The van der Waals surface area contributed by atoms with E-state index >= 15 is 0 Å². The van der Waals surface area contributed by atoms with Gasteiger partial charge in [0.1, 0.15) is 12.4 Å². The molecule has 1 heteroatoms. The number of fused-ring (bicyclic) bond motifs is 1. The Hall–Kier alpha value is -1.50. The molecule has 0 aliphatic carbocycles. The van der Waals surface area contributed by atoms with E-state index in [1.165, 1.54) is 0 Å². The predicted octanol–water partition coefficient (Wildman–Crippen LogP) is 2.65. The molecule has 0 aromatic heterocycles. The first-order chi connectivity index (χ1) is 5.97. The van der Waals surface area contributed by atoms with E-state index < -0.39 is 0 Å². The zero-order valence-corrected chi connectivity index (χ0v) is 6.73. The van der Waals surface area contributed by atoms with Gasteiger partial charge in [-0.25, -0.2) is 0 Å². The summed E-state index contributed by atoms with van der Waals surface area (Å²) in [6.45, 7) is 0.654. The Morgan fingerprint density at radius 1 is 1.08 bits per heavy atom. The van der Waals surface area contributed by atoms with Gasteiger partial charge in [-0.3, -0.25) is 0 Å². The van der Waals surface area contributed by atoms with Crippen LogP contribution >= 0.6 is 0 Å². The topological polar surface area (TPSA) is 9.23 Å². The van der Waals surface area contributed by atoms with E-state index in [-0.39, 0.29) is 0 Å². The molecule has 0 saturated carbocycles. The lowest BCUT2D eigenvalue weighted by Gasteiger charge is -2.07. The lowest BCUT2D eigenvalue weighted by Crippen LogP contribution is -1.95. The number of hydrogen-bond acceptors (Lipinski definition) is 1. The standard InChI is InChI=1S/C11H10O/c1-2-6-10-7-3-4-8-11(10)12-9-5-1/h1-8H,9H2. The summed E-state index contributed by atoms with van der Waals surface area (Å²) in [5, 5.41) is 0. The van der Waals surface area contributed by atoms with Crippen LogP contribution in [-0.2, 0) is 0 Å². The summed E-state index contributed by atoms with van der Waals surface area (Å²) >= 11 is 0. The van der Waals surface area contributed by atoms with E-state index in [2.05, 4.69) is 0 Å². The molecule has 1 aromatic carbocycles. The number of allylic oxidation sites excluding steroid dienone is 2. The van der Waals surface area contributed by atoms with Crippen LogP contribution in [0.25, 0.3) is 6.08 Å². The van der Waals surface area contributed by atoms with Gasteiger partial charge in [0, 0.05) is 5.56 Å². The Balaban J connectivity index is 2.43. The van der Waals surface area contributed by atoms with Crippen molar-refractivity contribution in [1.82, 2.24) is 0 Å². The maximum Gasteiger partial charge on any atom is 0.126 e. The Labute approximate surface area is 72.0 Å². The van der Waals surface area contributed by atoms with Gasteiger partial charge >= 0.3 is 0 Å². The van der Waals surface area contributed by atoms with E-state index in [1.807, 2.05) is 48.6 Å². The van der Waals surface area contributed by atoms with Crippen molar-refractivity contribution >= 4 is 6.08 Å². The Bertz CT molecular complexity index is 324. The van der Waals surface area contributed by atoms with Crippen molar-refractivity contribution in [1.29, 1.82) is 0 Å². The van der Waals surface area contributed by atoms with Gasteiger partial charge in [-0.2, -0.15) is 0 Å². The maximum atomic E-state index is 5.49. The quantitative estimate of drug-likeness (QED) is 0.564. The summed E-state index contributed by atoms with van der Waals surface area (Å²) in [5.41, 5.74) is 1.14. The smallest absolute Gasteiger partial charge is 0.126 e. The third kappa shape index (κ3) is 1.40. The highest BCUT2D eigenvalue weighted by Crippen LogP contribution is 2.20. The molecule has 0 spiro atoms. The minimum Gasteiger partial charge on any atom is -0.489 e. The number of para-hydroxylation sites is 1. The number of benzene rings is 1. The SMILES string of the molecule is C1=CCOc2ccccc2C=C1. The highest BCUT2D eigenvalue weighted by Gasteiger charge is 1.98. The zero-order chi connectivity index (χ0) is 8.23. The van der Waals surface area contributed by atoms with Crippen LogP contribution in [0, 0.1) is 0 Å². The second-order valence-electron chi connectivity index (χ2n) is 2.64. The van der Waals surface area contributed by atoms with Crippen molar-refractivity contribution in [2.75, 3.05) is 6.61 Å². The maximum absolute atomic E-state index is 5.49. The molecule has 1 heterocycles. The third-order valence-corrected chi connectivity index (χ3v) is 1.78. The van der Waals surface area contributed by atoms with Gasteiger partial charge in [0.25, 0.3) is 0 Å². The van der Waals surface area contributed by atoms with Gasteiger partial charge in [0.15, 0.2) is 0 Å². The van der Waals surface area contributed by atoms with Crippen LogP contribution in [-0.4, -0.2) is 6.61 Å². The molecule has 0 bridgehead atoms. The van der Waals surface area contributed by atoms with E-state index in [0.717, 1.165) is 11.3 Å². The molecule has 1 aromatic rings. The van der Waals surface area contributed by atoms with Gasteiger partial charge in [-0.15, -0.1) is 0 Å². The van der Waals surface area contributed by atoms with E-state index in [0.29, 0.717) is 6.61 Å². The van der Waals surface area contributed by atoms with Gasteiger partial charge in [-0.05, 0) is 12.1 Å². The highest BCUT2D eigenvalue weighted by molar-refractivity contribution is 5.58. The third-order valence-electron chi connectivity index (χ3n) is 1.78. The molecular weight excluding hydrogens is 148 g/mol. The van der Waals surface area contributed by atoms with Crippen LogP contribution in [0.15, 0.2) is 42.5 Å². The molecular formula is C11H10O. The monoisotopic (exact) mass is 158 g/mol. The first-order valence-electron chi connectivity index (χ1n) is 4.02. The molecule has 0 atom stereocenters. The summed E-state index contributed by atoms with van der Waals surface area (Å²) < 4.78 is 5.49. The van der Waals surface area contributed by atoms with Crippen molar-refractivity contribution in [2.45, 2.75) is 0 Å². The minimum atomic E-state index is 0.654. The van der Waals surface area contributed by atoms with Crippen LogP contribution in [0.3, 0.4) is 0 Å². The van der Waals surface area contributed by atoms with Crippen molar-refractivity contribution < 1.29 is 4.74 Å². The fourth-order valence-electron chi connectivity index (χ4n) is 1.18. The summed E-state index contributed by atoms with van der Waals surface area (Å²) in [7, 11) is 0. The zero-order valence-electron chi connectivity index (χ0n) is 6.73. The molecule has 0 N–H and O–H groups in total. The molecule has 0 unspecified atom stereocenters. The summed E-state index contributed by atoms with van der Waals surface area (Å²) in [6, 6.07) is 8.03. The molecule has 0 fully saturated rings. The second-order valence-corrected chi connectivity index (χ2v) is 2.64. The van der Waals surface area contributed by atoms with Crippen molar-refractivity contribution in [3.8, 4) is 5.75 Å². The van der Waals surface area contributed by atoms with Crippen LogP contribution in [0.1, 0.15) is 5.56 Å². The van der Waals surface area contributed by atoms with Crippen molar-refractivity contribution in [3.05, 3.63) is 48.1 Å². The molecule has 0 radical (unpaired) electrons. The average Bonchev–Trinajstić information content (AvgIpc) is 2.06. The highest BCUT2D eigenvalue weighted by atomic mass is 16.5. The van der Waals surface area contributed by atoms with Gasteiger partial charge in [0.05, 0.1) is 0 Å². The molecule has 1 nitrogen and oxygen atoms in total. The van der Waals surface area contributed by atoms with E-state index in [1.54, 1.807) is 0 Å². The lowest BCUT2D eigenvalue weighted by atomic mass is 10.2. The molecule has 2 rings (SSSR count). The van der Waals surface area contributed by atoms with Gasteiger partial charge in [0.2, 0.25) is 0 Å². The fourth-order valence-corrected chi connectivity index (χ4v) is 1.18. The van der Waals surface area contributed by atoms with E-state index in [9.17, 15) is 0 Å².